The molecule has 1 aromatic rings. The van der Waals surface area contributed by atoms with Gasteiger partial charge in [-0.15, -0.1) is 0 Å². The summed E-state index contributed by atoms with van der Waals surface area (Å²) in [6, 6.07) is 1.86. The highest BCUT2D eigenvalue weighted by Gasteiger charge is 1.95. The molecule has 0 aliphatic carbocycles. The Morgan fingerprint density at radius 2 is 2.42 bits per heavy atom. The summed E-state index contributed by atoms with van der Waals surface area (Å²) in [5.41, 5.74) is 0.965. The lowest BCUT2D eigenvalue weighted by atomic mass is 10.2. The summed E-state index contributed by atoms with van der Waals surface area (Å²) in [5.74, 6) is 0. The molecule has 0 amide bonds. The van der Waals surface area contributed by atoms with Gasteiger partial charge in [0.15, 0.2) is 0 Å². The van der Waals surface area contributed by atoms with Gasteiger partial charge in [0.05, 0.1) is 0 Å². The van der Waals surface area contributed by atoms with Gasteiger partial charge in [0, 0.05) is 25.6 Å². The average molecular weight is 187 g/mol. The summed E-state index contributed by atoms with van der Waals surface area (Å²) in [7, 11) is 1.69. The first kappa shape index (κ1) is 9.42. The van der Waals surface area contributed by atoms with Crippen LogP contribution in [0.4, 0.5) is 0 Å². The standard InChI is InChI=1S/C8H11ClN2O/c1-12-6-2-3-7-4-5-10-8(9)11-7/h4-5H,2-3,6H2,1H3. The van der Waals surface area contributed by atoms with Crippen molar-refractivity contribution in [2.75, 3.05) is 13.7 Å². The van der Waals surface area contributed by atoms with E-state index in [1.54, 1.807) is 13.3 Å². The normalized spacial score (nSPS) is 10.2. The molecule has 0 spiro atoms. The highest BCUT2D eigenvalue weighted by molar-refractivity contribution is 6.28. The van der Waals surface area contributed by atoms with Crippen LogP contribution in [0.25, 0.3) is 0 Å². The van der Waals surface area contributed by atoms with Crippen LogP contribution < -0.4 is 0 Å². The highest BCUT2D eigenvalue weighted by atomic mass is 35.5. The number of aromatic nitrogens is 2. The van der Waals surface area contributed by atoms with Gasteiger partial charge in [-0.3, -0.25) is 0 Å². The van der Waals surface area contributed by atoms with Crippen LogP contribution in [0.5, 0.6) is 0 Å². The lowest BCUT2D eigenvalue weighted by molar-refractivity contribution is 0.195. The van der Waals surface area contributed by atoms with Gasteiger partial charge in [-0.1, -0.05) is 0 Å². The van der Waals surface area contributed by atoms with Crippen molar-refractivity contribution in [3.8, 4) is 0 Å². The zero-order chi connectivity index (χ0) is 8.81. The van der Waals surface area contributed by atoms with Crippen molar-refractivity contribution in [3.05, 3.63) is 23.2 Å². The van der Waals surface area contributed by atoms with E-state index in [4.69, 9.17) is 16.3 Å². The Kier molecular flexibility index (Phi) is 3.97. The molecule has 0 unspecified atom stereocenters. The zero-order valence-electron chi connectivity index (χ0n) is 6.96. The SMILES string of the molecule is COCCCc1ccnc(Cl)n1. The number of halogens is 1. The predicted molar refractivity (Wildman–Crippen MR) is 47.2 cm³/mol. The quantitative estimate of drug-likeness (QED) is 0.531. The molecular formula is C8H11ClN2O. The van der Waals surface area contributed by atoms with E-state index in [1.165, 1.54) is 0 Å². The third-order valence-corrected chi connectivity index (χ3v) is 1.65. The van der Waals surface area contributed by atoms with Crippen molar-refractivity contribution in [2.24, 2.45) is 0 Å². The minimum Gasteiger partial charge on any atom is -0.385 e. The Bertz CT molecular complexity index is 242. The van der Waals surface area contributed by atoms with E-state index in [1.807, 2.05) is 6.07 Å². The van der Waals surface area contributed by atoms with E-state index in [-0.39, 0.29) is 0 Å². The Balaban J connectivity index is 2.41. The molecule has 0 saturated heterocycles. The van der Waals surface area contributed by atoms with Crippen LogP contribution in [-0.2, 0) is 11.2 Å². The second-order valence-electron chi connectivity index (χ2n) is 2.41. The molecule has 0 radical (unpaired) electrons. The molecule has 0 N–H and O–H groups in total. The molecule has 1 aromatic heterocycles. The number of rotatable bonds is 4. The van der Waals surface area contributed by atoms with E-state index in [9.17, 15) is 0 Å². The zero-order valence-corrected chi connectivity index (χ0v) is 7.71. The molecule has 3 nitrogen and oxygen atoms in total. The molecule has 0 bridgehead atoms. The third kappa shape index (κ3) is 3.15. The number of nitrogens with zero attached hydrogens (tertiary/aromatic N) is 2. The second-order valence-corrected chi connectivity index (χ2v) is 2.75. The minimum absolute atomic E-state index is 0.310. The maximum absolute atomic E-state index is 5.60. The van der Waals surface area contributed by atoms with Crippen molar-refractivity contribution in [1.29, 1.82) is 0 Å². The van der Waals surface area contributed by atoms with Crippen LogP contribution in [0, 0.1) is 0 Å². The summed E-state index contributed by atoms with van der Waals surface area (Å²) >= 11 is 5.60. The maximum Gasteiger partial charge on any atom is 0.222 e. The monoisotopic (exact) mass is 186 g/mol. The molecule has 0 fully saturated rings. The molecule has 12 heavy (non-hydrogen) atoms. The van der Waals surface area contributed by atoms with Crippen molar-refractivity contribution in [1.82, 2.24) is 9.97 Å². The predicted octanol–water partition coefficient (Wildman–Crippen LogP) is 1.71. The van der Waals surface area contributed by atoms with Gasteiger partial charge >= 0.3 is 0 Å². The van der Waals surface area contributed by atoms with Gasteiger partial charge in [-0.25, -0.2) is 9.97 Å². The van der Waals surface area contributed by atoms with Crippen LogP contribution in [0.2, 0.25) is 5.28 Å². The van der Waals surface area contributed by atoms with Crippen LogP contribution >= 0.6 is 11.6 Å². The molecule has 0 aromatic carbocycles. The first-order valence-corrected chi connectivity index (χ1v) is 4.17. The fourth-order valence-electron chi connectivity index (χ4n) is 0.906. The molecule has 1 rings (SSSR count). The average Bonchev–Trinajstić information content (AvgIpc) is 2.05. The van der Waals surface area contributed by atoms with Gasteiger partial charge < -0.3 is 4.74 Å². The Morgan fingerprint density at radius 1 is 1.58 bits per heavy atom. The summed E-state index contributed by atoms with van der Waals surface area (Å²) in [6.07, 6.45) is 3.51. The lowest BCUT2D eigenvalue weighted by Gasteiger charge is -1.99. The summed E-state index contributed by atoms with van der Waals surface area (Å²) < 4.78 is 4.92. The summed E-state index contributed by atoms with van der Waals surface area (Å²) in [6.45, 7) is 0.752. The van der Waals surface area contributed by atoms with Crippen molar-refractivity contribution in [3.63, 3.8) is 0 Å². The Labute approximate surface area is 76.7 Å². The highest BCUT2D eigenvalue weighted by Crippen LogP contribution is 2.03. The van der Waals surface area contributed by atoms with Crippen molar-refractivity contribution < 1.29 is 4.74 Å². The second kappa shape index (κ2) is 5.06. The molecule has 1 heterocycles. The first-order valence-electron chi connectivity index (χ1n) is 3.79. The molecule has 0 aliphatic heterocycles. The van der Waals surface area contributed by atoms with Gasteiger partial charge in [0.2, 0.25) is 5.28 Å². The largest absolute Gasteiger partial charge is 0.385 e. The van der Waals surface area contributed by atoms with Gasteiger partial charge in [0.25, 0.3) is 0 Å². The molecule has 4 heteroatoms. The number of ether oxygens (including phenoxy) is 1. The topological polar surface area (TPSA) is 35.0 Å². The minimum atomic E-state index is 0.310. The number of hydrogen-bond acceptors (Lipinski definition) is 3. The summed E-state index contributed by atoms with van der Waals surface area (Å²) in [5, 5.41) is 0.310. The molecule has 0 aliphatic rings. The van der Waals surface area contributed by atoms with Crippen molar-refractivity contribution in [2.45, 2.75) is 12.8 Å². The lowest BCUT2D eigenvalue weighted by Crippen LogP contribution is -1.95. The Morgan fingerprint density at radius 3 is 3.08 bits per heavy atom. The van der Waals surface area contributed by atoms with Crippen LogP contribution in [-0.4, -0.2) is 23.7 Å². The van der Waals surface area contributed by atoms with Gasteiger partial charge in [0.1, 0.15) is 0 Å². The van der Waals surface area contributed by atoms with E-state index >= 15 is 0 Å². The smallest absolute Gasteiger partial charge is 0.222 e. The van der Waals surface area contributed by atoms with Crippen molar-refractivity contribution >= 4 is 11.6 Å². The third-order valence-electron chi connectivity index (χ3n) is 1.47. The molecule has 0 atom stereocenters. The molecular weight excluding hydrogens is 176 g/mol. The maximum atomic E-state index is 5.60. The first-order chi connectivity index (χ1) is 5.83. The fraction of sp³-hybridized carbons (Fsp3) is 0.500. The number of hydrogen-bond donors (Lipinski definition) is 0. The van der Waals surface area contributed by atoms with E-state index in [0.29, 0.717) is 5.28 Å². The Hall–Kier alpha value is -0.670. The number of methoxy groups -OCH3 is 1. The summed E-state index contributed by atoms with van der Waals surface area (Å²) in [4.78, 5) is 7.83. The fourth-order valence-corrected chi connectivity index (χ4v) is 1.07. The van der Waals surface area contributed by atoms with E-state index in [2.05, 4.69) is 9.97 Å². The molecule has 0 saturated carbocycles. The molecule has 66 valence electrons. The van der Waals surface area contributed by atoms with E-state index < -0.39 is 0 Å². The van der Waals surface area contributed by atoms with Gasteiger partial charge in [-0.2, -0.15) is 0 Å². The van der Waals surface area contributed by atoms with Crippen LogP contribution in [0.15, 0.2) is 12.3 Å². The number of aryl methyl sites for hydroxylation is 1. The van der Waals surface area contributed by atoms with Gasteiger partial charge in [-0.05, 0) is 30.5 Å². The van der Waals surface area contributed by atoms with E-state index in [0.717, 1.165) is 25.1 Å². The van der Waals surface area contributed by atoms with Crippen LogP contribution in [0.1, 0.15) is 12.1 Å². The van der Waals surface area contributed by atoms with Crippen LogP contribution in [0.3, 0.4) is 0 Å².